The lowest BCUT2D eigenvalue weighted by atomic mass is 10.2. The van der Waals surface area contributed by atoms with Gasteiger partial charge in [0.1, 0.15) is 5.82 Å². The molecule has 2 heterocycles. The van der Waals surface area contributed by atoms with Crippen LogP contribution in [0.4, 0.5) is 10.1 Å². The van der Waals surface area contributed by atoms with E-state index in [1.807, 2.05) is 47.9 Å². The zero-order valence-electron chi connectivity index (χ0n) is 16.4. The molecule has 0 aliphatic rings. The Morgan fingerprint density at radius 3 is 2.55 bits per heavy atom. The van der Waals surface area contributed by atoms with E-state index >= 15 is 0 Å². The summed E-state index contributed by atoms with van der Waals surface area (Å²) in [5.41, 5.74) is 3.30. The van der Waals surface area contributed by atoms with Crippen molar-refractivity contribution in [2.24, 2.45) is 0 Å². The van der Waals surface area contributed by atoms with Gasteiger partial charge >= 0.3 is 0 Å². The number of aryl methyl sites for hydroxylation is 1. The first-order valence-electron chi connectivity index (χ1n) is 9.32. The second kappa shape index (κ2) is 9.28. The summed E-state index contributed by atoms with van der Waals surface area (Å²) in [4.78, 5) is 16.5. The molecule has 0 atom stereocenters. The first-order valence-corrected chi connectivity index (χ1v) is 10.7. The molecule has 0 aliphatic heterocycles. The Hall–Kier alpha value is -3.23. The molecule has 2 aromatic heterocycles. The number of thioether (sulfide) groups is 1. The Bertz CT molecular complexity index is 1210. The van der Waals surface area contributed by atoms with E-state index < -0.39 is 5.82 Å². The minimum atomic E-state index is -0.538. The molecule has 0 fully saturated rings. The van der Waals surface area contributed by atoms with E-state index in [9.17, 15) is 9.18 Å². The van der Waals surface area contributed by atoms with Gasteiger partial charge in [0, 0.05) is 29.3 Å². The monoisotopic (exact) mass is 453 g/mol. The van der Waals surface area contributed by atoms with Crippen molar-refractivity contribution in [1.82, 2.24) is 19.7 Å². The molecule has 0 saturated heterocycles. The molecule has 156 valence electrons. The molecule has 0 aliphatic carbocycles. The second-order valence-electron chi connectivity index (χ2n) is 6.68. The summed E-state index contributed by atoms with van der Waals surface area (Å²) in [6.45, 7) is 2.02. The van der Waals surface area contributed by atoms with Gasteiger partial charge in [0.25, 0.3) is 0 Å². The second-order valence-corrected chi connectivity index (χ2v) is 8.03. The van der Waals surface area contributed by atoms with E-state index in [1.165, 1.54) is 30.0 Å². The molecule has 0 spiro atoms. The van der Waals surface area contributed by atoms with Crippen LogP contribution in [0.2, 0.25) is 5.02 Å². The number of hydrogen-bond donors (Lipinski definition) is 1. The standard InChI is InChI=1S/C22H17ClFN5OS/c1-14-2-5-17(6-3-14)29-21(15-8-10-25-11-9-15)27-28-22(29)31-13-20(30)26-16-4-7-19(24)18(23)12-16/h2-12H,13H2,1H3,(H,26,30). The zero-order valence-corrected chi connectivity index (χ0v) is 18.0. The number of anilines is 1. The van der Waals surface area contributed by atoms with E-state index in [1.54, 1.807) is 12.4 Å². The number of aromatic nitrogens is 4. The fourth-order valence-corrected chi connectivity index (χ4v) is 3.81. The summed E-state index contributed by atoms with van der Waals surface area (Å²) in [5.74, 6) is -0.0602. The lowest BCUT2D eigenvalue weighted by molar-refractivity contribution is -0.113. The molecule has 31 heavy (non-hydrogen) atoms. The average Bonchev–Trinajstić information content (AvgIpc) is 3.20. The van der Waals surface area contributed by atoms with Crippen LogP contribution in [0, 0.1) is 12.7 Å². The summed E-state index contributed by atoms with van der Waals surface area (Å²) >= 11 is 7.02. The maximum Gasteiger partial charge on any atom is 0.234 e. The normalized spacial score (nSPS) is 10.8. The summed E-state index contributed by atoms with van der Waals surface area (Å²) in [7, 11) is 0. The fourth-order valence-electron chi connectivity index (χ4n) is 2.88. The van der Waals surface area contributed by atoms with Gasteiger partial charge in [0.2, 0.25) is 5.91 Å². The van der Waals surface area contributed by atoms with E-state index in [-0.39, 0.29) is 16.7 Å². The van der Waals surface area contributed by atoms with Crippen molar-refractivity contribution >= 4 is 35.0 Å². The van der Waals surface area contributed by atoms with E-state index in [2.05, 4.69) is 20.5 Å². The van der Waals surface area contributed by atoms with Crippen LogP contribution in [-0.2, 0) is 4.79 Å². The molecule has 0 saturated carbocycles. The van der Waals surface area contributed by atoms with Gasteiger partial charge in [-0.25, -0.2) is 4.39 Å². The van der Waals surface area contributed by atoms with E-state index in [0.717, 1.165) is 16.8 Å². The molecule has 4 aromatic rings. The van der Waals surface area contributed by atoms with Crippen molar-refractivity contribution in [2.75, 3.05) is 11.1 Å². The Labute approximate surface area is 187 Å². The number of pyridine rings is 1. The highest BCUT2D eigenvalue weighted by atomic mass is 35.5. The number of carbonyl (C=O) groups excluding carboxylic acids is 1. The highest BCUT2D eigenvalue weighted by Crippen LogP contribution is 2.28. The average molecular weight is 454 g/mol. The van der Waals surface area contributed by atoms with Gasteiger partial charge < -0.3 is 5.32 Å². The topological polar surface area (TPSA) is 72.7 Å². The third-order valence-electron chi connectivity index (χ3n) is 4.40. The van der Waals surface area contributed by atoms with Crippen molar-refractivity contribution in [1.29, 1.82) is 0 Å². The van der Waals surface area contributed by atoms with E-state index in [4.69, 9.17) is 11.6 Å². The number of rotatable bonds is 6. The first kappa shape index (κ1) is 21.0. The molecular formula is C22H17ClFN5OS. The van der Waals surface area contributed by atoms with Crippen LogP contribution >= 0.6 is 23.4 Å². The lowest BCUT2D eigenvalue weighted by Crippen LogP contribution is -2.14. The molecule has 9 heteroatoms. The molecular weight excluding hydrogens is 437 g/mol. The van der Waals surface area contributed by atoms with Gasteiger partial charge in [0.15, 0.2) is 11.0 Å². The summed E-state index contributed by atoms with van der Waals surface area (Å²) < 4.78 is 15.2. The number of nitrogens with one attached hydrogen (secondary N) is 1. The molecule has 0 unspecified atom stereocenters. The highest BCUT2D eigenvalue weighted by Gasteiger charge is 2.17. The van der Waals surface area contributed by atoms with Crippen LogP contribution < -0.4 is 5.32 Å². The maximum absolute atomic E-state index is 13.3. The first-order chi connectivity index (χ1) is 15.0. The van der Waals surface area contributed by atoms with Gasteiger partial charge in [-0.1, -0.05) is 41.1 Å². The summed E-state index contributed by atoms with van der Waals surface area (Å²) in [6.07, 6.45) is 3.38. The number of nitrogens with zero attached hydrogens (tertiary/aromatic N) is 4. The Morgan fingerprint density at radius 2 is 1.84 bits per heavy atom. The van der Waals surface area contributed by atoms with Gasteiger partial charge in [-0.15, -0.1) is 10.2 Å². The molecule has 6 nitrogen and oxygen atoms in total. The largest absolute Gasteiger partial charge is 0.325 e. The quantitative estimate of drug-likeness (QED) is 0.408. The third-order valence-corrected chi connectivity index (χ3v) is 5.62. The zero-order chi connectivity index (χ0) is 21.8. The number of amides is 1. The van der Waals surface area contributed by atoms with Gasteiger partial charge in [-0.2, -0.15) is 0 Å². The van der Waals surface area contributed by atoms with Crippen molar-refractivity contribution in [3.05, 3.63) is 83.4 Å². The maximum atomic E-state index is 13.3. The van der Waals surface area contributed by atoms with Crippen LogP contribution in [0.1, 0.15) is 5.56 Å². The van der Waals surface area contributed by atoms with Crippen LogP contribution in [0.3, 0.4) is 0 Å². The van der Waals surface area contributed by atoms with Gasteiger partial charge in [0.05, 0.1) is 10.8 Å². The summed E-state index contributed by atoms with van der Waals surface area (Å²) in [5, 5.41) is 11.9. The smallest absolute Gasteiger partial charge is 0.234 e. The van der Waals surface area contributed by atoms with Crippen LogP contribution in [0.15, 0.2) is 72.1 Å². The minimum Gasteiger partial charge on any atom is -0.325 e. The molecule has 0 radical (unpaired) electrons. The van der Waals surface area contributed by atoms with Gasteiger partial charge in [-0.05, 0) is 49.4 Å². The van der Waals surface area contributed by atoms with Crippen LogP contribution in [-0.4, -0.2) is 31.4 Å². The highest BCUT2D eigenvalue weighted by molar-refractivity contribution is 7.99. The Morgan fingerprint density at radius 1 is 1.10 bits per heavy atom. The predicted octanol–water partition coefficient (Wildman–Crippen LogP) is 5.16. The SMILES string of the molecule is Cc1ccc(-n2c(SCC(=O)Nc3ccc(F)c(Cl)c3)nnc2-c2ccncc2)cc1. The molecule has 4 rings (SSSR count). The predicted molar refractivity (Wildman–Crippen MR) is 120 cm³/mol. The van der Waals surface area contributed by atoms with Crippen LogP contribution in [0.25, 0.3) is 17.1 Å². The molecule has 0 bridgehead atoms. The van der Waals surface area contributed by atoms with Crippen molar-refractivity contribution in [3.8, 4) is 17.1 Å². The van der Waals surface area contributed by atoms with Crippen molar-refractivity contribution in [3.63, 3.8) is 0 Å². The Kier molecular flexibility index (Phi) is 6.29. The molecule has 2 aromatic carbocycles. The number of halogens is 2. The van der Waals surface area contributed by atoms with Crippen LogP contribution in [0.5, 0.6) is 0 Å². The molecule has 1 N–H and O–H groups in total. The molecule has 1 amide bonds. The van der Waals surface area contributed by atoms with Crippen molar-refractivity contribution in [2.45, 2.75) is 12.1 Å². The number of benzene rings is 2. The van der Waals surface area contributed by atoms with Crippen molar-refractivity contribution < 1.29 is 9.18 Å². The fraction of sp³-hybridized carbons (Fsp3) is 0.0909. The van der Waals surface area contributed by atoms with E-state index in [0.29, 0.717) is 16.7 Å². The minimum absolute atomic E-state index is 0.0495. The lowest BCUT2D eigenvalue weighted by Gasteiger charge is -2.11. The van der Waals surface area contributed by atoms with Gasteiger partial charge in [-0.3, -0.25) is 14.3 Å². The number of carbonyl (C=O) groups is 1. The Balaban J connectivity index is 1.57. The third kappa shape index (κ3) is 4.92. The number of hydrogen-bond acceptors (Lipinski definition) is 5. The summed E-state index contributed by atoms with van der Waals surface area (Å²) in [6, 6.07) is 15.7.